The fourth-order valence-corrected chi connectivity index (χ4v) is 3.52. The van der Waals surface area contributed by atoms with Crippen molar-refractivity contribution in [2.75, 3.05) is 31.1 Å². The fourth-order valence-electron chi connectivity index (χ4n) is 3.28. The minimum Gasteiger partial charge on any atom is -0.366 e. The van der Waals surface area contributed by atoms with E-state index in [0.717, 1.165) is 41.6 Å². The molecular formula is C18H18ClF2N7O. The van der Waals surface area contributed by atoms with Gasteiger partial charge in [-0.2, -0.15) is 14.9 Å². The summed E-state index contributed by atoms with van der Waals surface area (Å²) in [4.78, 5) is 21.1. The van der Waals surface area contributed by atoms with E-state index in [0.29, 0.717) is 31.4 Å². The van der Waals surface area contributed by atoms with E-state index in [1.165, 1.54) is 6.20 Å². The summed E-state index contributed by atoms with van der Waals surface area (Å²) >= 11 is 6.28. The molecule has 3 heterocycles. The highest BCUT2D eigenvalue weighted by molar-refractivity contribution is 6.33. The maximum Gasteiger partial charge on any atom is 0.292 e. The van der Waals surface area contributed by atoms with Crippen molar-refractivity contribution in [2.45, 2.75) is 13.5 Å². The molecule has 4 rings (SSSR count). The maximum absolute atomic E-state index is 14.0. The first kappa shape index (κ1) is 19.5. The molecule has 0 radical (unpaired) electrons. The van der Waals surface area contributed by atoms with Crippen LogP contribution >= 0.6 is 11.6 Å². The topological polar surface area (TPSA) is 82.9 Å². The largest absolute Gasteiger partial charge is 0.366 e. The van der Waals surface area contributed by atoms with Crippen molar-refractivity contribution in [2.24, 2.45) is 0 Å². The van der Waals surface area contributed by atoms with E-state index in [1.807, 2.05) is 11.8 Å². The second kappa shape index (κ2) is 7.88. The Balaban J connectivity index is 1.50. The van der Waals surface area contributed by atoms with Crippen LogP contribution < -0.4 is 10.5 Å². The molecule has 1 saturated heterocycles. The van der Waals surface area contributed by atoms with Crippen LogP contribution in [0.15, 0.2) is 29.2 Å². The van der Waals surface area contributed by atoms with Crippen LogP contribution in [-0.4, -0.2) is 56.0 Å². The number of H-pyrrole nitrogens is 1. The van der Waals surface area contributed by atoms with Crippen LogP contribution in [0.1, 0.15) is 11.6 Å². The predicted molar refractivity (Wildman–Crippen MR) is 103 cm³/mol. The van der Waals surface area contributed by atoms with Gasteiger partial charge in [0.05, 0.1) is 18.4 Å². The second-order valence-electron chi connectivity index (χ2n) is 6.76. The van der Waals surface area contributed by atoms with Crippen LogP contribution in [0, 0.1) is 18.6 Å². The molecule has 8 nitrogen and oxygen atoms in total. The first-order valence-electron chi connectivity index (χ1n) is 9.01. The summed E-state index contributed by atoms with van der Waals surface area (Å²) in [6.45, 7) is 5.23. The van der Waals surface area contributed by atoms with Crippen LogP contribution in [0.2, 0.25) is 5.02 Å². The molecule has 1 aromatic carbocycles. The van der Waals surface area contributed by atoms with Gasteiger partial charge in [-0.15, -0.1) is 0 Å². The molecule has 3 aromatic rings. The summed E-state index contributed by atoms with van der Waals surface area (Å²) in [6.07, 6.45) is 1.43. The van der Waals surface area contributed by atoms with Gasteiger partial charge in [0.2, 0.25) is 0 Å². The third kappa shape index (κ3) is 3.99. The average molecular weight is 422 g/mol. The van der Waals surface area contributed by atoms with Crippen molar-refractivity contribution in [3.8, 4) is 5.69 Å². The van der Waals surface area contributed by atoms with Gasteiger partial charge in [0, 0.05) is 32.2 Å². The third-order valence-electron chi connectivity index (χ3n) is 4.76. The Morgan fingerprint density at radius 2 is 1.93 bits per heavy atom. The van der Waals surface area contributed by atoms with E-state index in [1.54, 1.807) is 0 Å². The molecule has 0 amide bonds. The molecule has 152 valence electrons. The molecule has 0 atom stereocenters. The Morgan fingerprint density at radius 3 is 2.59 bits per heavy atom. The Morgan fingerprint density at radius 1 is 1.17 bits per heavy atom. The SMILES string of the molecule is Cc1nc(CN2CCN(c3cnn(-c4ccc(F)cc4F)c(=O)c3Cl)CC2)n[nH]1. The molecule has 1 fully saturated rings. The van der Waals surface area contributed by atoms with Crippen LogP contribution in [0.25, 0.3) is 5.69 Å². The molecule has 29 heavy (non-hydrogen) atoms. The van der Waals surface area contributed by atoms with E-state index in [-0.39, 0.29) is 10.7 Å². The lowest BCUT2D eigenvalue weighted by Gasteiger charge is -2.35. The lowest BCUT2D eigenvalue weighted by molar-refractivity contribution is 0.244. The second-order valence-corrected chi connectivity index (χ2v) is 7.13. The van der Waals surface area contributed by atoms with Gasteiger partial charge in [-0.05, 0) is 19.1 Å². The molecule has 0 aliphatic carbocycles. The summed E-state index contributed by atoms with van der Waals surface area (Å²) in [5, 5.41) is 11.0. The van der Waals surface area contributed by atoms with Crippen molar-refractivity contribution < 1.29 is 8.78 Å². The number of aromatic nitrogens is 5. The molecule has 0 spiro atoms. The number of benzene rings is 1. The Labute approximate surface area is 169 Å². The molecule has 1 N–H and O–H groups in total. The van der Waals surface area contributed by atoms with Crippen molar-refractivity contribution >= 4 is 17.3 Å². The number of rotatable bonds is 4. The molecule has 1 aliphatic heterocycles. The van der Waals surface area contributed by atoms with E-state index in [2.05, 4.69) is 25.2 Å². The molecule has 1 aliphatic rings. The Hall–Kier alpha value is -2.85. The standard InChI is InChI=1S/C18H18ClF2N7O/c1-11-23-16(25-24-11)10-26-4-6-27(7-5-26)15-9-22-28(18(29)17(15)19)14-3-2-12(20)8-13(14)21/h2-3,8-9H,4-7,10H2,1H3,(H,23,24,25). The summed E-state index contributed by atoms with van der Waals surface area (Å²) in [5.74, 6) is -0.117. The highest BCUT2D eigenvalue weighted by Crippen LogP contribution is 2.24. The van der Waals surface area contributed by atoms with Crippen molar-refractivity contribution in [3.05, 3.63) is 63.1 Å². The van der Waals surface area contributed by atoms with Gasteiger partial charge >= 0.3 is 0 Å². The lowest BCUT2D eigenvalue weighted by Crippen LogP contribution is -2.46. The number of nitrogens with zero attached hydrogens (tertiary/aromatic N) is 6. The van der Waals surface area contributed by atoms with Gasteiger partial charge in [0.1, 0.15) is 22.4 Å². The van der Waals surface area contributed by atoms with Gasteiger partial charge in [0.25, 0.3) is 5.56 Å². The first-order chi connectivity index (χ1) is 13.9. The molecule has 0 bridgehead atoms. The molecule has 11 heteroatoms. The maximum atomic E-state index is 14.0. The average Bonchev–Trinajstić information content (AvgIpc) is 3.10. The number of nitrogens with one attached hydrogen (secondary N) is 1. The minimum absolute atomic E-state index is 0.0539. The third-order valence-corrected chi connectivity index (χ3v) is 5.12. The summed E-state index contributed by atoms with van der Waals surface area (Å²) in [5.41, 5.74) is -0.325. The molecular weight excluding hydrogens is 404 g/mol. The summed E-state index contributed by atoms with van der Waals surface area (Å²) in [6, 6.07) is 2.90. The van der Waals surface area contributed by atoms with Gasteiger partial charge in [-0.1, -0.05) is 11.6 Å². The van der Waals surface area contributed by atoms with Gasteiger partial charge < -0.3 is 4.90 Å². The van der Waals surface area contributed by atoms with Crippen LogP contribution in [0.5, 0.6) is 0 Å². The van der Waals surface area contributed by atoms with Crippen molar-refractivity contribution in [3.63, 3.8) is 0 Å². The lowest BCUT2D eigenvalue weighted by atomic mass is 10.2. The predicted octanol–water partition coefficient (Wildman–Crippen LogP) is 1.91. The summed E-state index contributed by atoms with van der Waals surface area (Å²) in [7, 11) is 0. The molecule has 0 saturated carbocycles. The smallest absolute Gasteiger partial charge is 0.292 e. The number of aryl methyl sites for hydroxylation is 1. The zero-order valence-electron chi connectivity index (χ0n) is 15.6. The van der Waals surface area contributed by atoms with E-state index >= 15 is 0 Å². The van der Waals surface area contributed by atoms with Crippen LogP contribution in [-0.2, 0) is 6.54 Å². The van der Waals surface area contributed by atoms with E-state index in [9.17, 15) is 13.6 Å². The van der Waals surface area contributed by atoms with E-state index < -0.39 is 17.2 Å². The number of aromatic amines is 1. The number of hydrogen-bond acceptors (Lipinski definition) is 6. The molecule has 2 aromatic heterocycles. The monoisotopic (exact) mass is 421 g/mol. The normalized spacial score (nSPS) is 15.1. The number of halogens is 3. The fraction of sp³-hybridized carbons (Fsp3) is 0.333. The van der Waals surface area contributed by atoms with Gasteiger partial charge in [0.15, 0.2) is 11.6 Å². The van der Waals surface area contributed by atoms with Gasteiger partial charge in [-0.25, -0.2) is 13.8 Å². The van der Waals surface area contributed by atoms with Crippen LogP contribution in [0.3, 0.4) is 0 Å². The Kier molecular flexibility index (Phi) is 5.29. The zero-order chi connectivity index (χ0) is 20.5. The number of anilines is 1. The van der Waals surface area contributed by atoms with Crippen molar-refractivity contribution in [1.29, 1.82) is 0 Å². The minimum atomic E-state index is -0.890. The Bertz CT molecular complexity index is 1090. The number of hydrogen-bond donors (Lipinski definition) is 1. The van der Waals surface area contributed by atoms with Gasteiger partial charge in [-0.3, -0.25) is 14.8 Å². The van der Waals surface area contributed by atoms with Crippen LogP contribution in [0.4, 0.5) is 14.5 Å². The zero-order valence-corrected chi connectivity index (χ0v) is 16.3. The first-order valence-corrected chi connectivity index (χ1v) is 9.38. The summed E-state index contributed by atoms with van der Waals surface area (Å²) < 4.78 is 28.0. The highest BCUT2D eigenvalue weighted by atomic mass is 35.5. The number of piperazine rings is 1. The molecule has 0 unspecified atom stereocenters. The van der Waals surface area contributed by atoms with Crippen molar-refractivity contribution in [1.82, 2.24) is 29.9 Å². The highest BCUT2D eigenvalue weighted by Gasteiger charge is 2.23. The quantitative estimate of drug-likeness (QED) is 0.693. The van der Waals surface area contributed by atoms with E-state index in [4.69, 9.17) is 11.6 Å².